The van der Waals surface area contributed by atoms with Crippen LogP contribution in [0.2, 0.25) is 0 Å². The van der Waals surface area contributed by atoms with Gasteiger partial charge in [0.15, 0.2) is 0 Å². The third-order valence-electron chi connectivity index (χ3n) is 4.86. The summed E-state index contributed by atoms with van der Waals surface area (Å²) in [7, 11) is 0. The van der Waals surface area contributed by atoms with Crippen LogP contribution in [0.3, 0.4) is 0 Å². The zero-order chi connectivity index (χ0) is 16.1. The van der Waals surface area contributed by atoms with Crippen LogP contribution in [-0.2, 0) is 11.8 Å². The fourth-order valence-electron chi connectivity index (χ4n) is 3.54. The summed E-state index contributed by atoms with van der Waals surface area (Å²) in [4.78, 5) is 0. The Bertz CT molecular complexity index is 1030. The Morgan fingerprint density at radius 3 is 2.67 bits per heavy atom. The molecule has 0 radical (unpaired) electrons. The molecule has 3 nitrogen and oxygen atoms in total. The van der Waals surface area contributed by atoms with Gasteiger partial charge in [-0.05, 0) is 61.9 Å². The topological polar surface area (TPSA) is 39.4 Å². The highest BCUT2D eigenvalue weighted by molar-refractivity contribution is 5.89. The van der Waals surface area contributed by atoms with E-state index in [1.54, 1.807) is 12.5 Å². The van der Waals surface area contributed by atoms with Gasteiger partial charge in [-0.1, -0.05) is 6.08 Å². The van der Waals surface area contributed by atoms with Crippen LogP contribution in [0.4, 0.5) is 0 Å². The second-order valence-electron chi connectivity index (χ2n) is 6.54. The molecule has 1 aliphatic carbocycles. The molecule has 4 aromatic rings. The van der Waals surface area contributed by atoms with Crippen molar-refractivity contribution in [1.29, 1.82) is 0 Å². The normalized spacial score (nSPS) is 19.7. The number of fused-ring (bicyclic) bond motifs is 3. The van der Waals surface area contributed by atoms with E-state index in [0.717, 1.165) is 40.2 Å². The molecular weight excluding hydrogens is 300 g/mol. The zero-order valence-electron chi connectivity index (χ0n) is 13.3. The van der Waals surface area contributed by atoms with E-state index in [1.807, 2.05) is 36.4 Å². The molecule has 3 heterocycles. The number of furan rings is 3. The van der Waals surface area contributed by atoms with E-state index in [4.69, 9.17) is 13.3 Å². The van der Waals surface area contributed by atoms with Crippen molar-refractivity contribution in [3.8, 4) is 11.3 Å². The van der Waals surface area contributed by atoms with Crippen LogP contribution in [0.25, 0.3) is 28.4 Å². The van der Waals surface area contributed by atoms with Crippen molar-refractivity contribution in [2.45, 2.75) is 18.8 Å². The lowest BCUT2D eigenvalue weighted by molar-refractivity contribution is 0.411. The molecule has 0 aliphatic heterocycles. The van der Waals surface area contributed by atoms with Gasteiger partial charge < -0.3 is 13.3 Å². The molecule has 3 aromatic heterocycles. The van der Waals surface area contributed by atoms with Gasteiger partial charge >= 0.3 is 0 Å². The van der Waals surface area contributed by atoms with Gasteiger partial charge in [-0.15, -0.1) is 0 Å². The minimum Gasteiger partial charge on any atom is -0.468 e. The Morgan fingerprint density at radius 2 is 1.88 bits per heavy atom. The molecule has 1 atom stereocenters. The Balaban J connectivity index is 1.66. The maximum atomic E-state index is 6.03. The molecule has 0 N–H and O–H groups in total. The van der Waals surface area contributed by atoms with Gasteiger partial charge in [0.25, 0.3) is 0 Å². The Kier molecular flexibility index (Phi) is 2.69. The van der Waals surface area contributed by atoms with Crippen LogP contribution in [0.15, 0.2) is 74.3 Å². The lowest BCUT2D eigenvalue weighted by atomic mass is 9.77. The van der Waals surface area contributed by atoms with Crippen molar-refractivity contribution in [2.75, 3.05) is 0 Å². The monoisotopic (exact) mass is 316 g/mol. The molecule has 0 spiro atoms. The highest BCUT2D eigenvalue weighted by Gasteiger charge is 2.33. The summed E-state index contributed by atoms with van der Waals surface area (Å²) >= 11 is 0. The fraction of sp³-hybridized carbons (Fsp3) is 0.143. The average Bonchev–Trinajstić information content (AvgIpc) is 3.34. The summed E-state index contributed by atoms with van der Waals surface area (Å²) < 4.78 is 17.2. The maximum absolute atomic E-state index is 6.03. The number of hydrogen-bond donors (Lipinski definition) is 0. The van der Waals surface area contributed by atoms with Crippen molar-refractivity contribution in [1.82, 2.24) is 0 Å². The molecular formula is C21H16O3. The maximum Gasteiger partial charge on any atom is 0.135 e. The summed E-state index contributed by atoms with van der Waals surface area (Å²) in [6.45, 7) is 2.19. The number of allylic oxidation sites excluding steroid dienone is 1. The van der Waals surface area contributed by atoms with Crippen molar-refractivity contribution in [3.63, 3.8) is 0 Å². The van der Waals surface area contributed by atoms with Crippen molar-refractivity contribution >= 4 is 17.0 Å². The molecule has 118 valence electrons. The first-order chi connectivity index (χ1) is 11.7. The van der Waals surface area contributed by atoms with E-state index in [2.05, 4.69) is 25.1 Å². The van der Waals surface area contributed by atoms with Gasteiger partial charge in [-0.25, -0.2) is 0 Å². The molecule has 0 bridgehead atoms. The standard InChI is InChI=1S/C21H16O3/c1-21(20-5-3-11-23-20)9-8-19-16(13-21)15-12-14(6-7-18(15)24-19)17-4-2-10-22-17/h2-12H,13H2,1H3. The second kappa shape index (κ2) is 4.78. The fourth-order valence-corrected chi connectivity index (χ4v) is 3.54. The molecule has 1 aliphatic rings. The van der Waals surface area contributed by atoms with Gasteiger partial charge in [-0.3, -0.25) is 0 Å². The van der Waals surface area contributed by atoms with Crippen molar-refractivity contribution in [2.24, 2.45) is 0 Å². The van der Waals surface area contributed by atoms with E-state index in [0.29, 0.717) is 0 Å². The van der Waals surface area contributed by atoms with Gasteiger partial charge in [0.1, 0.15) is 22.9 Å². The quantitative estimate of drug-likeness (QED) is 0.468. The Labute approximate surface area is 139 Å². The molecule has 0 fully saturated rings. The summed E-state index contributed by atoms with van der Waals surface area (Å²) in [6.07, 6.45) is 8.51. The molecule has 24 heavy (non-hydrogen) atoms. The second-order valence-corrected chi connectivity index (χ2v) is 6.54. The van der Waals surface area contributed by atoms with Gasteiger partial charge in [-0.2, -0.15) is 0 Å². The van der Waals surface area contributed by atoms with Crippen LogP contribution < -0.4 is 0 Å². The smallest absolute Gasteiger partial charge is 0.135 e. The summed E-state index contributed by atoms with van der Waals surface area (Å²) in [6, 6.07) is 14.0. The molecule has 1 unspecified atom stereocenters. The van der Waals surface area contributed by atoms with Gasteiger partial charge in [0, 0.05) is 21.9 Å². The van der Waals surface area contributed by atoms with E-state index < -0.39 is 0 Å². The highest BCUT2D eigenvalue weighted by Crippen LogP contribution is 2.41. The zero-order valence-corrected chi connectivity index (χ0v) is 13.3. The third-order valence-corrected chi connectivity index (χ3v) is 4.86. The molecule has 0 amide bonds. The Morgan fingerprint density at radius 1 is 1.00 bits per heavy atom. The van der Waals surface area contributed by atoms with Crippen LogP contribution in [0.5, 0.6) is 0 Å². The predicted octanol–water partition coefficient (Wildman–Crippen LogP) is 5.81. The molecule has 0 saturated carbocycles. The van der Waals surface area contributed by atoms with Gasteiger partial charge in [0.2, 0.25) is 0 Å². The lowest BCUT2D eigenvalue weighted by Gasteiger charge is -2.26. The van der Waals surface area contributed by atoms with E-state index in [9.17, 15) is 0 Å². The van der Waals surface area contributed by atoms with Crippen LogP contribution in [0, 0.1) is 0 Å². The van der Waals surface area contributed by atoms with Crippen molar-refractivity contribution < 1.29 is 13.3 Å². The molecule has 1 aromatic carbocycles. The predicted molar refractivity (Wildman–Crippen MR) is 92.7 cm³/mol. The average molecular weight is 316 g/mol. The first kappa shape index (κ1) is 13.5. The SMILES string of the molecule is CC1(c2ccco2)C=Cc2oc3ccc(-c4ccco4)cc3c2C1. The van der Waals surface area contributed by atoms with Crippen molar-refractivity contribution in [3.05, 3.63) is 78.2 Å². The molecule has 0 saturated heterocycles. The first-order valence-corrected chi connectivity index (χ1v) is 8.05. The summed E-state index contributed by atoms with van der Waals surface area (Å²) in [5.74, 6) is 2.78. The molecule has 3 heteroatoms. The van der Waals surface area contributed by atoms with Crippen LogP contribution >= 0.6 is 0 Å². The summed E-state index contributed by atoms with van der Waals surface area (Å²) in [5, 5.41) is 1.14. The Hall–Kier alpha value is -2.94. The van der Waals surface area contributed by atoms with Crippen LogP contribution in [-0.4, -0.2) is 0 Å². The lowest BCUT2D eigenvalue weighted by Crippen LogP contribution is -2.23. The first-order valence-electron chi connectivity index (χ1n) is 8.05. The van der Waals surface area contributed by atoms with E-state index in [1.165, 1.54) is 5.56 Å². The number of hydrogen-bond acceptors (Lipinski definition) is 3. The third kappa shape index (κ3) is 1.91. The summed E-state index contributed by atoms with van der Waals surface area (Å²) in [5.41, 5.74) is 3.03. The highest BCUT2D eigenvalue weighted by atomic mass is 16.3. The van der Waals surface area contributed by atoms with E-state index in [-0.39, 0.29) is 5.41 Å². The minimum absolute atomic E-state index is 0.159. The van der Waals surface area contributed by atoms with E-state index >= 15 is 0 Å². The largest absolute Gasteiger partial charge is 0.468 e. The van der Waals surface area contributed by atoms with Crippen LogP contribution in [0.1, 0.15) is 24.0 Å². The number of rotatable bonds is 2. The van der Waals surface area contributed by atoms with Gasteiger partial charge in [0.05, 0.1) is 12.5 Å². The minimum atomic E-state index is -0.159. The number of benzene rings is 1. The molecule has 5 rings (SSSR count).